The van der Waals surface area contributed by atoms with E-state index in [-0.39, 0.29) is 0 Å². The highest BCUT2D eigenvalue weighted by molar-refractivity contribution is 5.91. The highest BCUT2D eigenvalue weighted by atomic mass is 16.4. The lowest BCUT2D eigenvalue weighted by atomic mass is 9.92. The van der Waals surface area contributed by atoms with Crippen LogP contribution in [0.25, 0.3) is 0 Å². The molecule has 0 saturated carbocycles. The van der Waals surface area contributed by atoms with Gasteiger partial charge in [-0.1, -0.05) is 42.5 Å². The first-order chi connectivity index (χ1) is 8.59. The minimum atomic E-state index is -0.845. The van der Waals surface area contributed by atoms with Gasteiger partial charge in [-0.05, 0) is 42.5 Å². The molecule has 2 aromatic carbocycles. The van der Waals surface area contributed by atoms with Crippen LogP contribution in [0.1, 0.15) is 32.6 Å². The molecule has 1 N–H and O–H groups in total. The summed E-state index contributed by atoms with van der Waals surface area (Å²) in [7, 11) is 0. The zero-order valence-corrected chi connectivity index (χ0v) is 10.6. The summed E-state index contributed by atoms with van der Waals surface area (Å²) in [5, 5.41) is 9.35. The number of hydrogen-bond donors (Lipinski definition) is 1. The van der Waals surface area contributed by atoms with Crippen LogP contribution in [-0.4, -0.2) is 11.1 Å². The molecule has 2 nitrogen and oxygen atoms in total. The summed E-state index contributed by atoms with van der Waals surface area (Å²) in [6, 6.07) is 13.8. The molecule has 0 heterocycles. The molecular weight excluding hydrogens is 224 g/mol. The van der Waals surface area contributed by atoms with E-state index in [1.54, 1.807) is 0 Å². The average molecular weight is 240 g/mol. The van der Waals surface area contributed by atoms with Gasteiger partial charge in [0.05, 0.1) is 5.56 Å². The Hall–Kier alpha value is -2.09. The Morgan fingerprint density at radius 3 is 2.22 bits per heavy atom. The number of carbonyl (C=O) groups is 1. The van der Waals surface area contributed by atoms with E-state index in [1.807, 2.05) is 56.3 Å². The number of benzene rings is 2. The fourth-order valence-electron chi connectivity index (χ4n) is 2.19. The largest absolute Gasteiger partial charge is 0.478 e. The Bertz CT molecular complexity index is 571. The van der Waals surface area contributed by atoms with E-state index in [1.165, 1.54) is 0 Å². The smallest absolute Gasteiger partial charge is 0.336 e. The van der Waals surface area contributed by atoms with Crippen molar-refractivity contribution >= 4 is 5.97 Å². The summed E-state index contributed by atoms with van der Waals surface area (Å²) in [6.07, 6.45) is 0.663. The number of aryl methyl sites for hydroxylation is 2. The summed E-state index contributed by atoms with van der Waals surface area (Å²) in [6.45, 7) is 3.81. The zero-order chi connectivity index (χ0) is 13.1. The molecule has 18 heavy (non-hydrogen) atoms. The summed E-state index contributed by atoms with van der Waals surface area (Å²) in [5.41, 5.74) is 4.34. The molecule has 2 rings (SSSR count). The minimum absolute atomic E-state index is 0.443. The van der Waals surface area contributed by atoms with Gasteiger partial charge in [0, 0.05) is 0 Å². The van der Waals surface area contributed by atoms with E-state index in [9.17, 15) is 9.90 Å². The second kappa shape index (κ2) is 5.05. The van der Waals surface area contributed by atoms with Crippen LogP contribution in [0.15, 0.2) is 42.5 Å². The van der Waals surface area contributed by atoms with Gasteiger partial charge in [0.25, 0.3) is 0 Å². The van der Waals surface area contributed by atoms with Crippen molar-refractivity contribution in [2.75, 3.05) is 0 Å². The molecule has 0 aliphatic heterocycles. The summed E-state index contributed by atoms with van der Waals surface area (Å²) in [5.74, 6) is -0.845. The number of carboxylic acids is 1. The number of aromatic carboxylic acids is 1. The van der Waals surface area contributed by atoms with E-state index >= 15 is 0 Å². The van der Waals surface area contributed by atoms with Crippen LogP contribution < -0.4 is 0 Å². The van der Waals surface area contributed by atoms with E-state index < -0.39 is 5.97 Å². The highest BCUT2D eigenvalue weighted by Crippen LogP contribution is 2.22. The molecule has 0 amide bonds. The highest BCUT2D eigenvalue weighted by Gasteiger charge is 2.15. The van der Waals surface area contributed by atoms with Gasteiger partial charge in [-0.15, -0.1) is 0 Å². The lowest BCUT2D eigenvalue weighted by molar-refractivity contribution is 0.0695. The van der Waals surface area contributed by atoms with Crippen molar-refractivity contribution < 1.29 is 9.90 Å². The minimum Gasteiger partial charge on any atom is -0.478 e. The molecule has 0 unspecified atom stereocenters. The van der Waals surface area contributed by atoms with Crippen molar-refractivity contribution in [3.05, 3.63) is 70.3 Å². The van der Waals surface area contributed by atoms with Gasteiger partial charge in [0.1, 0.15) is 0 Å². The first kappa shape index (κ1) is 12.4. The molecule has 0 bridgehead atoms. The third-order valence-electron chi connectivity index (χ3n) is 3.19. The quantitative estimate of drug-likeness (QED) is 0.890. The first-order valence-electron chi connectivity index (χ1n) is 5.96. The maximum Gasteiger partial charge on any atom is 0.336 e. The van der Waals surface area contributed by atoms with E-state index in [4.69, 9.17) is 0 Å². The van der Waals surface area contributed by atoms with Crippen molar-refractivity contribution in [1.29, 1.82) is 0 Å². The molecular formula is C16H16O2. The fraction of sp³-hybridized carbons (Fsp3) is 0.188. The molecule has 0 aliphatic rings. The van der Waals surface area contributed by atoms with Crippen LogP contribution >= 0.6 is 0 Å². The molecule has 0 fully saturated rings. The van der Waals surface area contributed by atoms with Crippen LogP contribution in [0.2, 0.25) is 0 Å². The fourth-order valence-corrected chi connectivity index (χ4v) is 2.19. The summed E-state index contributed by atoms with van der Waals surface area (Å²) in [4.78, 5) is 11.4. The summed E-state index contributed by atoms with van der Waals surface area (Å²) >= 11 is 0. The van der Waals surface area contributed by atoms with Crippen molar-refractivity contribution in [3.63, 3.8) is 0 Å². The van der Waals surface area contributed by atoms with Crippen LogP contribution in [0.4, 0.5) is 0 Å². The second-order valence-electron chi connectivity index (χ2n) is 4.52. The Balaban J connectivity index is 2.50. The lowest BCUT2D eigenvalue weighted by Gasteiger charge is -2.12. The SMILES string of the molecule is Cc1ccc(C)c(C(=O)O)c1Cc1ccccc1. The molecule has 0 radical (unpaired) electrons. The third-order valence-corrected chi connectivity index (χ3v) is 3.19. The van der Waals surface area contributed by atoms with Gasteiger partial charge in [0.2, 0.25) is 0 Å². The predicted molar refractivity (Wildman–Crippen MR) is 72.1 cm³/mol. The first-order valence-corrected chi connectivity index (χ1v) is 5.96. The van der Waals surface area contributed by atoms with Crippen LogP contribution in [-0.2, 0) is 6.42 Å². The van der Waals surface area contributed by atoms with Gasteiger partial charge in [0.15, 0.2) is 0 Å². The Morgan fingerprint density at radius 1 is 1.00 bits per heavy atom. The molecule has 0 aliphatic carbocycles. The second-order valence-corrected chi connectivity index (χ2v) is 4.52. The Labute approximate surface area is 107 Å². The predicted octanol–water partition coefficient (Wildman–Crippen LogP) is 3.59. The molecule has 0 aromatic heterocycles. The molecule has 2 heteroatoms. The van der Waals surface area contributed by atoms with Gasteiger partial charge >= 0.3 is 5.97 Å². The number of carboxylic acid groups (broad SMARTS) is 1. The molecule has 0 saturated heterocycles. The van der Waals surface area contributed by atoms with Crippen molar-refractivity contribution in [2.24, 2.45) is 0 Å². The normalized spacial score (nSPS) is 10.3. The number of hydrogen-bond acceptors (Lipinski definition) is 1. The monoisotopic (exact) mass is 240 g/mol. The summed E-state index contributed by atoms with van der Waals surface area (Å²) < 4.78 is 0. The van der Waals surface area contributed by atoms with Crippen LogP contribution in [0.3, 0.4) is 0 Å². The topological polar surface area (TPSA) is 37.3 Å². The van der Waals surface area contributed by atoms with Gasteiger partial charge < -0.3 is 5.11 Å². The molecule has 0 atom stereocenters. The van der Waals surface area contributed by atoms with E-state index in [2.05, 4.69) is 0 Å². The van der Waals surface area contributed by atoms with Crippen LogP contribution in [0.5, 0.6) is 0 Å². The molecule has 2 aromatic rings. The molecule has 0 spiro atoms. The van der Waals surface area contributed by atoms with Gasteiger partial charge in [-0.3, -0.25) is 0 Å². The average Bonchev–Trinajstić information content (AvgIpc) is 2.35. The standard InChI is InChI=1S/C16H16O2/c1-11-8-9-12(2)15(16(17)18)14(11)10-13-6-4-3-5-7-13/h3-9H,10H2,1-2H3,(H,17,18). The van der Waals surface area contributed by atoms with E-state index in [0.29, 0.717) is 12.0 Å². The lowest BCUT2D eigenvalue weighted by Crippen LogP contribution is -2.07. The maximum absolute atomic E-state index is 11.4. The van der Waals surface area contributed by atoms with Crippen molar-refractivity contribution in [2.45, 2.75) is 20.3 Å². The van der Waals surface area contributed by atoms with Crippen LogP contribution in [0, 0.1) is 13.8 Å². The van der Waals surface area contributed by atoms with Gasteiger partial charge in [-0.25, -0.2) is 4.79 Å². The zero-order valence-electron chi connectivity index (χ0n) is 10.6. The van der Waals surface area contributed by atoms with E-state index in [0.717, 1.165) is 22.3 Å². The third kappa shape index (κ3) is 2.43. The van der Waals surface area contributed by atoms with Crippen molar-refractivity contribution in [1.82, 2.24) is 0 Å². The molecule has 92 valence electrons. The Kier molecular flexibility index (Phi) is 3.47. The number of rotatable bonds is 3. The Morgan fingerprint density at radius 2 is 1.61 bits per heavy atom. The maximum atomic E-state index is 11.4. The van der Waals surface area contributed by atoms with Gasteiger partial charge in [-0.2, -0.15) is 0 Å². The van der Waals surface area contributed by atoms with Crippen molar-refractivity contribution in [3.8, 4) is 0 Å².